The molecule has 5 rings (SSSR count). The van der Waals surface area contributed by atoms with Crippen LogP contribution in [0.15, 0.2) is 59.8 Å². The predicted molar refractivity (Wildman–Crippen MR) is 127 cm³/mol. The summed E-state index contributed by atoms with van der Waals surface area (Å²) in [7, 11) is -3.85. The lowest BCUT2D eigenvalue weighted by Gasteiger charge is -2.32. The fourth-order valence-electron chi connectivity index (χ4n) is 5.49. The van der Waals surface area contributed by atoms with Crippen LogP contribution in [0.1, 0.15) is 57.2 Å². The monoisotopic (exact) mass is 466 g/mol. The first-order valence-electron chi connectivity index (χ1n) is 11.7. The van der Waals surface area contributed by atoms with Crippen LogP contribution in [0.3, 0.4) is 0 Å². The molecule has 2 aliphatic rings. The fourth-order valence-corrected chi connectivity index (χ4v) is 7.12. The number of nitrogens with one attached hydrogen (secondary N) is 2. The van der Waals surface area contributed by atoms with Crippen molar-refractivity contribution in [3.63, 3.8) is 0 Å². The van der Waals surface area contributed by atoms with Gasteiger partial charge in [-0.05, 0) is 55.9 Å². The summed E-state index contributed by atoms with van der Waals surface area (Å²) in [6.07, 6.45) is 10.2. The summed E-state index contributed by atoms with van der Waals surface area (Å²) in [4.78, 5) is 17.5. The van der Waals surface area contributed by atoms with Crippen LogP contribution < -0.4 is 10.6 Å². The van der Waals surface area contributed by atoms with Crippen molar-refractivity contribution < 1.29 is 13.2 Å². The molecule has 174 valence electrons. The van der Waals surface area contributed by atoms with Gasteiger partial charge in [0.25, 0.3) is 10.0 Å². The third kappa shape index (κ3) is 4.06. The van der Waals surface area contributed by atoms with Gasteiger partial charge in [0.2, 0.25) is 5.91 Å². The van der Waals surface area contributed by atoms with E-state index in [4.69, 9.17) is 0 Å². The Hall–Kier alpha value is -2.71. The van der Waals surface area contributed by atoms with Gasteiger partial charge in [-0.2, -0.15) is 0 Å². The lowest BCUT2D eigenvalue weighted by molar-refractivity contribution is -0.123. The molecule has 1 spiro atoms. The predicted octanol–water partition coefficient (Wildman–Crippen LogP) is 3.76. The van der Waals surface area contributed by atoms with E-state index in [2.05, 4.69) is 15.6 Å². The maximum Gasteiger partial charge on any atom is 0.268 e. The zero-order valence-electron chi connectivity index (χ0n) is 18.8. The molecule has 1 saturated carbocycles. The van der Waals surface area contributed by atoms with E-state index < -0.39 is 16.1 Å². The summed E-state index contributed by atoms with van der Waals surface area (Å²) in [6, 6.07) is 11.1. The molecule has 3 heterocycles. The first kappa shape index (κ1) is 22.1. The normalized spacial score (nSPS) is 21.3. The lowest BCUT2D eigenvalue weighted by atomic mass is 9.72. The van der Waals surface area contributed by atoms with Crippen LogP contribution >= 0.6 is 0 Å². The van der Waals surface area contributed by atoms with E-state index in [-0.39, 0.29) is 22.3 Å². The van der Waals surface area contributed by atoms with Crippen molar-refractivity contribution in [1.82, 2.24) is 19.6 Å². The average Bonchev–Trinajstić information content (AvgIpc) is 3.42. The van der Waals surface area contributed by atoms with Crippen LogP contribution in [0, 0.1) is 5.41 Å². The molecule has 0 bridgehead atoms. The lowest BCUT2D eigenvalue weighted by Crippen LogP contribution is -2.42. The van der Waals surface area contributed by atoms with Crippen LogP contribution in [0.5, 0.6) is 0 Å². The number of benzene rings is 1. The largest absolute Gasteiger partial charge is 0.347 e. The zero-order valence-corrected chi connectivity index (χ0v) is 19.6. The quantitative estimate of drug-likeness (QED) is 0.597. The number of aromatic nitrogens is 2. The average molecular weight is 467 g/mol. The minimum absolute atomic E-state index is 0.0722. The van der Waals surface area contributed by atoms with Crippen molar-refractivity contribution in [2.24, 2.45) is 5.41 Å². The summed E-state index contributed by atoms with van der Waals surface area (Å²) in [6.45, 7) is 2.72. The molecule has 33 heavy (non-hydrogen) atoms. The Morgan fingerprint density at radius 1 is 1.18 bits per heavy atom. The minimum atomic E-state index is -3.85. The van der Waals surface area contributed by atoms with Crippen LogP contribution in [0.25, 0.3) is 10.9 Å². The highest BCUT2D eigenvalue weighted by molar-refractivity contribution is 7.90. The molecule has 1 saturated heterocycles. The van der Waals surface area contributed by atoms with Gasteiger partial charge < -0.3 is 10.6 Å². The van der Waals surface area contributed by atoms with Gasteiger partial charge in [0.15, 0.2) is 0 Å². The molecule has 2 fully saturated rings. The molecule has 0 radical (unpaired) electrons. The summed E-state index contributed by atoms with van der Waals surface area (Å²) < 4.78 is 28.5. The molecule has 7 nitrogen and oxygen atoms in total. The molecular formula is C25H30N4O3S. The number of fused-ring (bicyclic) bond motifs is 1. The Morgan fingerprint density at radius 2 is 1.94 bits per heavy atom. The minimum Gasteiger partial charge on any atom is -0.347 e. The highest BCUT2D eigenvalue weighted by Crippen LogP contribution is 2.43. The van der Waals surface area contributed by atoms with E-state index in [9.17, 15) is 13.2 Å². The van der Waals surface area contributed by atoms with Gasteiger partial charge >= 0.3 is 0 Å². The Bertz CT molecular complexity index is 1260. The highest BCUT2D eigenvalue weighted by Gasteiger charge is 2.42. The van der Waals surface area contributed by atoms with Crippen molar-refractivity contribution in [2.75, 3.05) is 6.54 Å². The maximum absolute atomic E-state index is 13.6. The number of hydrogen-bond donors (Lipinski definition) is 2. The molecule has 8 heteroatoms. The second-order valence-corrected chi connectivity index (χ2v) is 11.3. The molecule has 1 unspecified atom stereocenters. The van der Waals surface area contributed by atoms with Crippen LogP contribution in [-0.4, -0.2) is 35.9 Å². The first-order chi connectivity index (χ1) is 15.9. The number of pyridine rings is 1. The molecule has 2 aromatic heterocycles. The third-order valence-corrected chi connectivity index (χ3v) is 9.02. The number of rotatable bonds is 5. The van der Waals surface area contributed by atoms with E-state index in [1.807, 2.05) is 6.92 Å². The number of carbonyl (C=O) groups is 1. The second kappa shape index (κ2) is 8.57. The van der Waals surface area contributed by atoms with Gasteiger partial charge in [-0.3, -0.25) is 9.78 Å². The molecule has 1 aliphatic heterocycles. The number of hydrogen-bond acceptors (Lipinski definition) is 5. The van der Waals surface area contributed by atoms with Crippen LogP contribution in [0.2, 0.25) is 0 Å². The smallest absolute Gasteiger partial charge is 0.268 e. The van der Waals surface area contributed by atoms with Crippen molar-refractivity contribution >= 4 is 26.8 Å². The first-order valence-corrected chi connectivity index (χ1v) is 13.1. The molecule has 1 aromatic carbocycles. The Kier molecular flexibility index (Phi) is 5.74. The van der Waals surface area contributed by atoms with E-state index in [0.29, 0.717) is 16.6 Å². The highest BCUT2D eigenvalue weighted by atomic mass is 32.2. The Morgan fingerprint density at radius 3 is 2.70 bits per heavy atom. The second-order valence-electron chi connectivity index (χ2n) is 9.51. The van der Waals surface area contributed by atoms with Gasteiger partial charge in [0.05, 0.1) is 28.2 Å². The van der Waals surface area contributed by atoms with Crippen molar-refractivity contribution in [1.29, 1.82) is 0 Å². The SMILES string of the molecule is CC(NC(=O)[C@@H]1CC2(CCCCC2)CN1)c1cc2cnccc2n1S(=O)(=O)c1ccccc1. The molecule has 2 atom stereocenters. The van der Waals surface area contributed by atoms with Crippen molar-refractivity contribution in [2.45, 2.75) is 62.4 Å². The molecular weight excluding hydrogens is 436 g/mol. The summed E-state index contributed by atoms with van der Waals surface area (Å²) in [5.41, 5.74) is 1.30. The van der Waals surface area contributed by atoms with Crippen molar-refractivity contribution in [3.8, 4) is 0 Å². The van der Waals surface area contributed by atoms with E-state index in [0.717, 1.165) is 13.0 Å². The van der Waals surface area contributed by atoms with E-state index in [1.165, 1.54) is 36.1 Å². The van der Waals surface area contributed by atoms with Gasteiger partial charge in [-0.25, -0.2) is 12.4 Å². The molecule has 2 N–H and O–H groups in total. The number of nitrogens with zero attached hydrogens (tertiary/aromatic N) is 2. The Balaban J connectivity index is 1.44. The van der Waals surface area contributed by atoms with E-state index in [1.54, 1.807) is 54.9 Å². The summed E-state index contributed by atoms with van der Waals surface area (Å²) >= 11 is 0. The number of carbonyl (C=O) groups excluding carboxylic acids is 1. The summed E-state index contributed by atoms with van der Waals surface area (Å²) in [5.74, 6) is -0.0722. The number of amides is 1. The van der Waals surface area contributed by atoms with E-state index >= 15 is 0 Å². The fraction of sp³-hybridized carbons (Fsp3) is 0.440. The zero-order chi connectivity index (χ0) is 23.1. The summed E-state index contributed by atoms with van der Waals surface area (Å²) in [5, 5.41) is 7.22. The van der Waals surface area contributed by atoms with Crippen LogP contribution in [0.4, 0.5) is 0 Å². The van der Waals surface area contributed by atoms with Crippen LogP contribution in [-0.2, 0) is 14.8 Å². The van der Waals surface area contributed by atoms with Gasteiger partial charge in [0.1, 0.15) is 0 Å². The molecule has 3 aromatic rings. The standard InChI is InChI=1S/C25H30N4O3S/c1-18(28-24(30)21-15-25(17-27-21)11-6-3-7-12-25)23-14-19-16-26-13-10-22(19)29(23)33(31,32)20-8-4-2-5-9-20/h2,4-5,8-10,13-14,16,18,21,27H,3,6-7,11-12,15,17H2,1H3,(H,28,30)/t18?,21-/m0/s1. The molecule has 1 amide bonds. The Labute approximate surface area is 194 Å². The van der Waals surface area contributed by atoms with Gasteiger partial charge in [-0.1, -0.05) is 37.5 Å². The molecule has 1 aliphatic carbocycles. The third-order valence-electron chi connectivity index (χ3n) is 7.26. The van der Waals surface area contributed by atoms with Gasteiger partial charge in [0, 0.05) is 24.3 Å². The topological polar surface area (TPSA) is 93.1 Å². The van der Waals surface area contributed by atoms with Gasteiger partial charge in [-0.15, -0.1) is 0 Å². The van der Waals surface area contributed by atoms with Crippen molar-refractivity contribution in [3.05, 3.63) is 60.6 Å². The maximum atomic E-state index is 13.6.